The summed E-state index contributed by atoms with van der Waals surface area (Å²) in [5, 5.41) is 17.6. The van der Waals surface area contributed by atoms with Crippen molar-refractivity contribution >= 4 is 7.60 Å². The van der Waals surface area contributed by atoms with Crippen molar-refractivity contribution in [2.75, 3.05) is 7.11 Å². The average molecular weight is 266 g/mol. The van der Waals surface area contributed by atoms with Gasteiger partial charge in [-0.05, 0) is 17.7 Å². The van der Waals surface area contributed by atoms with Gasteiger partial charge < -0.3 is 14.5 Å². The summed E-state index contributed by atoms with van der Waals surface area (Å²) in [6, 6.07) is 9.11. The lowest BCUT2D eigenvalue weighted by atomic mass is 10.0. The summed E-state index contributed by atoms with van der Waals surface area (Å²) in [4.78, 5) is 18.5. The fourth-order valence-electron chi connectivity index (χ4n) is 1.55. The van der Waals surface area contributed by atoms with Crippen molar-refractivity contribution in [2.45, 2.75) is 5.66 Å². The van der Waals surface area contributed by atoms with Crippen LogP contribution in [0.3, 0.4) is 0 Å². The van der Waals surface area contributed by atoms with Gasteiger partial charge in [-0.15, -0.1) is 0 Å². The second-order valence-corrected chi connectivity index (χ2v) is 5.28. The van der Waals surface area contributed by atoms with Crippen LogP contribution in [-0.2, 0) is 4.57 Å². The molecule has 6 nitrogen and oxygen atoms in total. The Kier molecular flexibility index (Phi) is 4.47. The molecule has 1 rings (SSSR count). The Morgan fingerprint density at radius 2 is 1.72 bits per heavy atom. The highest BCUT2D eigenvalue weighted by Gasteiger charge is 2.38. The third kappa shape index (κ3) is 3.09. The lowest BCUT2D eigenvalue weighted by Crippen LogP contribution is -2.10. The molecule has 0 amide bonds. The molecular formula is C11H11N2O4P. The van der Waals surface area contributed by atoms with Crippen molar-refractivity contribution in [1.82, 2.24) is 0 Å². The van der Waals surface area contributed by atoms with Gasteiger partial charge in [-0.25, -0.2) is 0 Å². The molecule has 7 heteroatoms. The molecule has 0 aliphatic carbocycles. The van der Waals surface area contributed by atoms with Crippen molar-refractivity contribution in [1.29, 1.82) is 10.5 Å². The summed E-state index contributed by atoms with van der Waals surface area (Å²) in [5.41, 5.74) is -1.21. The van der Waals surface area contributed by atoms with Crippen molar-refractivity contribution < 1.29 is 19.1 Å². The molecule has 1 aromatic carbocycles. The Balaban J connectivity index is 3.24. The molecule has 0 aliphatic heterocycles. The summed E-state index contributed by atoms with van der Waals surface area (Å²) in [6.07, 6.45) is 0. The maximum Gasteiger partial charge on any atom is 0.335 e. The average Bonchev–Trinajstić information content (AvgIpc) is 2.34. The molecule has 2 N–H and O–H groups in total. The van der Waals surface area contributed by atoms with Gasteiger partial charge >= 0.3 is 7.60 Å². The van der Waals surface area contributed by atoms with Crippen molar-refractivity contribution in [3.63, 3.8) is 0 Å². The molecule has 1 atom stereocenters. The van der Waals surface area contributed by atoms with E-state index in [9.17, 15) is 14.4 Å². The van der Waals surface area contributed by atoms with Crippen molar-refractivity contribution in [3.8, 4) is 17.9 Å². The van der Waals surface area contributed by atoms with Crippen LogP contribution in [0.4, 0.5) is 0 Å². The first-order valence-electron chi connectivity index (χ1n) is 4.92. The summed E-state index contributed by atoms with van der Waals surface area (Å²) < 4.78 is 16.3. The number of methoxy groups -OCH3 is 1. The van der Waals surface area contributed by atoms with E-state index in [1.165, 1.54) is 31.4 Å². The zero-order valence-electron chi connectivity index (χ0n) is 9.52. The van der Waals surface area contributed by atoms with Crippen molar-refractivity contribution in [2.24, 2.45) is 5.92 Å². The highest BCUT2D eigenvalue weighted by Crippen LogP contribution is 2.55. The third-order valence-electron chi connectivity index (χ3n) is 2.41. The highest BCUT2D eigenvalue weighted by molar-refractivity contribution is 7.52. The molecule has 0 aromatic heterocycles. The van der Waals surface area contributed by atoms with E-state index in [-0.39, 0.29) is 5.56 Å². The second kappa shape index (κ2) is 5.66. The predicted octanol–water partition coefficient (Wildman–Crippen LogP) is 1.58. The van der Waals surface area contributed by atoms with Gasteiger partial charge in [-0.3, -0.25) is 4.57 Å². The predicted molar refractivity (Wildman–Crippen MR) is 62.5 cm³/mol. The van der Waals surface area contributed by atoms with Crippen LogP contribution in [0.25, 0.3) is 0 Å². The van der Waals surface area contributed by atoms with Crippen LogP contribution in [0, 0.1) is 28.6 Å². The standard InChI is InChI=1S/C11H11N2O4P/c1-17-10-4-2-8(3-5-10)11(18(14,15)16)9(6-12)7-13/h2-5,9,11H,1H3,(H2,14,15,16). The summed E-state index contributed by atoms with van der Waals surface area (Å²) >= 11 is 0. The number of nitrogens with zero attached hydrogens (tertiary/aromatic N) is 2. The van der Waals surface area contributed by atoms with Gasteiger partial charge in [0.2, 0.25) is 0 Å². The van der Waals surface area contributed by atoms with Gasteiger partial charge in [0.25, 0.3) is 0 Å². The van der Waals surface area contributed by atoms with E-state index >= 15 is 0 Å². The zero-order valence-corrected chi connectivity index (χ0v) is 10.4. The topological polar surface area (TPSA) is 114 Å². The number of hydrogen-bond donors (Lipinski definition) is 2. The molecular weight excluding hydrogens is 255 g/mol. The van der Waals surface area contributed by atoms with E-state index in [1.807, 2.05) is 0 Å². The number of rotatable bonds is 4. The Morgan fingerprint density at radius 1 is 1.22 bits per heavy atom. The van der Waals surface area contributed by atoms with Crippen LogP contribution in [0.15, 0.2) is 24.3 Å². The summed E-state index contributed by atoms with van der Waals surface area (Å²) in [6.45, 7) is 0. The fourth-order valence-corrected chi connectivity index (χ4v) is 2.63. The van der Waals surface area contributed by atoms with Crippen LogP contribution in [0.1, 0.15) is 11.2 Å². The molecule has 0 saturated heterocycles. The molecule has 0 spiro atoms. The molecule has 0 aliphatic rings. The molecule has 1 aromatic rings. The number of nitriles is 2. The quantitative estimate of drug-likeness (QED) is 0.799. The van der Waals surface area contributed by atoms with E-state index in [1.54, 1.807) is 12.1 Å². The minimum Gasteiger partial charge on any atom is -0.497 e. The molecule has 1 unspecified atom stereocenters. The summed E-state index contributed by atoms with van der Waals surface area (Å²) in [7, 11) is -3.14. The lowest BCUT2D eigenvalue weighted by molar-refractivity contribution is 0.353. The van der Waals surface area contributed by atoms with E-state index < -0.39 is 19.2 Å². The molecule has 0 fully saturated rings. The van der Waals surface area contributed by atoms with Gasteiger partial charge in [-0.1, -0.05) is 12.1 Å². The van der Waals surface area contributed by atoms with Crippen LogP contribution >= 0.6 is 7.60 Å². The van der Waals surface area contributed by atoms with Crippen LogP contribution in [-0.4, -0.2) is 16.9 Å². The van der Waals surface area contributed by atoms with E-state index in [4.69, 9.17) is 15.3 Å². The summed E-state index contributed by atoms with van der Waals surface area (Å²) in [5.74, 6) is -0.882. The molecule has 0 saturated carbocycles. The third-order valence-corrected chi connectivity index (χ3v) is 3.73. The van der Waals surface area contributed by atoms with Crippen LogP contribution < -0.4 is 4.74 Å². The highest BCUT2D eigenvalue weighted by atomic mass is 31.2. The Labute approximate surface area is 104 Å². The van der Waals surface area contributed by atoms with E-state index in [2.05, 4.69) is 0 Å². The molecule has 0 heterocycles. The molecule has 0 bridgehead atoms. The minimum absolute atomic E-state index is 0.234. The maximum atomic E-state index is 11.4. The maximum absolute atomic E-state index is 11.4. The minimum atomic E-state index is -4.60. The Bertz CT molecular complexity index is 524. The smallest absolute Gasteiger partial charge is 0.335 e. The van der Waals surface area contributed by atoms with Gasteiger partial charge in [0.1, 0.15) is 11.4 Å². The number of ether oxygens (including phenoxy) is 1. The first-order chi connectivity index (χ1) is 8.43. The van der Waals surface area contributed by atoms with Crippen LogP contribution in [0.2, 0.25) is 0 Å². The lowest BCUT2D eigenvalue weighted by Gasteiger charge is -2.19. The first kappa shape index (κ1) is 14.2. The normalized spacial score (nSPS) is 12.6. The van der Waals surface area contributed by atoms with Gasteiger partial charge in [0, 0.05) is 0 Å². The largest absolute Gasteiger partial charge is 0.497 e. The second-order valence-electron chi connectivity index (χ2n) is 3.54. The van der Waals surface area contributed by atoms with E-state index in [0.29, 0.717) is 5.75 Å². The van der Waals surface area contributed by atoms with Gasteiger partial charge in [0.05, 0.1) is 19.2 Å². The first-order valence-corrected chi connectivity index (χ1v) is 6.60. The van der Waals surface area contributed by atoms with E-state index in [0.717, 1.165) is 0 Å². The zero-order chi connectivity index (χ0) is 13.8. The van der Waals surface area contributed by atoms with Gasteiger partial charge in [0.15, 0.2) is 5.92 Å². The molecule has 18 heavy (non-hydrogen) atoms. The number of hydrogen-bond acceptors (Lipinski definition) is 4. The van der Waals surface area contributed by atoms with Crippen LogP contribution in [0.5, 0.6) is 5.75 Å². The van der Waals surface area contributed by atoms with Crippen molar-refractivity contribution in [3.05, 3.63) is 29.8 Å². The molecule has 94 valence electrons. The van der Waals surface area contributed by atoms with Gasteiger partial charge in [-0.2, -0.15) is 10.5 Å². The SMILES string of the molecule is COc1ccc(C(C(C#N)C#N)P(=O)(O)O)cc1. The monoisotopic (exact) mass is 266 g/mol. The fraction of sp³-hybridized carbons (Fsp3) is 0.273. The Morgan fingerprint density at radius 3 is 2.06 bits per heavy atom. The molecule has 0 radical (unpaired) electrons. The number of benzene rings is 1. The Hall–Kier alpha value is -1.85.